The molecule has 72 valence electrons. The van der Waals surface area contributed by atoms with Crippen LogP contribution >= 0.6 is 0 Å². The number of likely N-dealkylation sites (N-methyl/N-ethyl adjacent to an activating group) is 1. The second-order valence-corrected chi connectivity index (χ2v) is 3.16. The van der Waals surface area contributed by atoms with Crippen molar-refractivity contribution in [3.63, 3.8) is 0 Å². The number of hydrogen-bond acceptors (Lipinski definition) is 4. The van der Waals surface area contributed by atoms with Gasteiger partial charge in [0.05, 0.1) is 12.2 Å². The van der Waals surface area contributed by atoms with Gasteiger partial charge in [-0.2, -0.15) is 0 Å². The van der Waals surface area contributed by atoms with E-state index in [9.17, 15) is 9.90 Å². The summed E-state index contributed by atoms with van der Waals surface area (Å²) in [6, 6.07) is -0.303. The minimum Gasteiger partial charge on any atom is -0.391 e. The summed E-state index contributed by atoms with van der Waals surface area (Å²) in [7, 11) is 3.53. The lowest BCUT2D eigenvalue weighted by Gasteiger charge is -2.28. The maximum absolute atomic E-state index is 10.2. The average Bonchev–Trinajstić information content (AvgIpc) is 1.98. The molecule has 0 aliphatic heterocycles. The molecular weight excluding hydrogens is 158 g/mol. The predicted molar refractivity (Wildman–Crippen MR) is 45.8 cm³/mol. The van der Waals surface area contributed by atoms with Crippen LogP contribution < -0.4 is 0 Å². The van der Waals surface area contributed by atoms with Crippen LogP contribution in [0.15, 0.2) is 0 Å². The zero-order valence-electron chi connectivity index (χ0n) is 7.77. The highest BCUT2D eigenvalue weighted by molar-refractivity contribution is 5.50. The molecule has 0 amide bonds. The Morgan fingerprint density at radius 1 is 1.42 bits per heavy atom. The van der Waals surface area contributed by atoms with Crippen molar-refractivity contribution in [2.45, 2.75) is 31.6 Å². The highest BCUT2D eigenvalue weighted by Crippen LogP contribution is 2.07. The Morgan fingerprint density at radius 3 is 2.17 bits per heavy atom. The molecule has 0 spiro atoms. The Balaban J connectivity index is 4.18. The van der Waals surface area contributed by atoms with Gasteiger partial charge in [-0.05, 0) is 21.0 Å². The molecule has 0 aromatic heterocycles. The molecule has 0 aromatic rings. The SMILES string of the molecule is C[C@@H](O)[C@@H](O)[C@H](CC=O)N(C)C. The third-order valence-corrected chi connectivity index (χ3v) is 1.89. The van der Waals surface area contributed by atoms with E-state index in [1.165, 1.54) is 6.92 Å². The Hall–Kier alpha value is -0.450. The molecule has 0 fully saturated rings. The fourth-order valence-corrected chi connectivity index (χ4v) is 1.08. The molecule has 0 saturated heterocycles. The van der Waals surface area contributed by atoms with Gasteiger partial charge in [-0.15, -0.1) is 0 Å². The summed E-state index contributed by atoms with van der Waals surface area (Å²) in [6.45, 7) is 1.51. The van der Waals surface area contributed by atoms with Crippen LogP contribution in [0.3, 0.4) is 0 Å². The summed E-state index contributed by atoms with van der Waals surface area (Å²) >= 11 is 0. The minimum absolute atomic E-state index is 0.235. The van der Waals surface area contributed by atoms with Gasteiger partial charge < -0.3 is 19.9 Å². The largest absolute Gasteiger partial charge is 0.391 e. The first kappa shape index (κ1) is 11.6. The van der Waals surface area contributed by atoms with Gasteiger partial charge in [-0.1, -0.05) is 0 Å². The molecule has 0 bridgehead atoms. The van der Waals surface area contributed by atoms with Crippen molar-refractivity contribution in [2.75, 3.05) is 14.1 Å². The molecule has 0 radical (unpaired) electrons. The first-order valence-corrected chi connectivity index (χ1v) is 3.97. The Bertz CT molecular complexity index is 136. The number of nitrogens with zero attached hydrogens (tertiary/aromatic N) is 1. The zero-order chi connectivity index (χ0) is 9.72. The first-order valence-electron chi connectivity index (χ1n) is 3.97. The Kier molecular flexibility index (Phi) is 5.04. The van der Waals surface area contributed by atoms with Crippen molar-refractivity contribution in [3.8, 4) is 0 Å². The molecule has 0 unspecified atom stereocenters. The fraction of sp³-hybridized carbons (Fsp3) is 0.875. The number of aliphatic hydroxyl groups excluding tert-OH is 2. The summed E-state index contributed by atoms with van der Waals surface area (Å²) in [6.07, 6.45) is -0.697. The minimum atomic E-state index is -0.870. The number of rotatable bonds is 5. The van der Waals surface area contributed by atoms with Crippen molar-refractivity contribution in [2.24, 2.45) is 0 Å². The molecule has 0 aliphatic carbocycles. The van der Waals surface area contributed by atoms with Gasteiger partial charge in [0.25, 0.3) is 0 Å². The lowest BCUT2D eigenvalue weighted by atomic mass is 10.0. The highest BCUT2D eigenvalue weighted by atomic mass is 16.3. The fourth-order valence-electron chi connectivity index (χ4n) is 1.08. The van der Waals surface area contributed by atoms with Crippen molar-refractivity contribution >= 4 is 6.29 Å². The van der Waals surface area contributed by atoms with E-state index in [2.05, 4.69) is 0 Å². The molecule has 0 rings (SSSR count). The van der Waals surface area contributed by atoms with Crippen molar-refractivity contribution in [1.29, 1.82) is 0 Å². The summed E-state index contributed by atoms with van der Waals surface area (Å²) in [5, 5.41) is 18.5. The van der Waals surface area contributed by atoms with Crippen LogP contribution in [0.4, 0.5) is 0 Å². The van der Waals surface area contributed by atoms with Gasteiger partial charge in [0.2, 0.25) is 0 Å². The molecule has 2 N–H and O–H groups in total. The number of carbonyl (C=O) groups is 1. The number of aldehydes is 1. The molecule has 3 atom stereocenters. The third-order valence-electron chi connectivity index (χ3n) is 1.89. The number of carbonyl (C=O) groups excluding carboxylic acids is 1. The van der Waals surface area contributed by atoms with E-state index < -0.39 is 12.2 Å². The topological polar surface area (TPSA) is 60.8 Å². The lowest BCUT2D eigenvalue weighted by molar-refractivity contribution is -0.110. The second-order valence-electron chi connectivity index (χ2n) is 3.16. The summed E-state index contributed by atoms with van der Waals surface area (Å²) < 4.78 is 0. The lowest BCUT2D eigenvalue weighted by Crippen LogP contribution is -2.44. The van der Waals surface area contributed by atoms with Gasteiger partial charge in [0.1, 0.15) is 6.29 Å². The van der Waals surface area contributed by atoms with Crippen molar-refractivity contribution < 1.29 is 15.0 Å². The average molecular weight is 175 g/mol. The monoisotopic (exact) mass is 175 g/mol. The summed E-state index contributed by atoms with van der Waals surface area (Å²) in [4.78, 5) is 12.0. The standard InChI is InChI=1S/C8H17NO3/c1-6(11)8(12)7(4-5-10)9(2)3/h5-8,11-12H,4H2,1-3H3/t6-,7+,8-/m1/s1. The number of hydrogen-bond donors (Lipinski definition) is 2. The quantitative estimate of drug-likeness (QED) is 0.540. The van der Waals surface area contributed by atoms with Crippen LogP contribution in [0.2, 0.25) is 0 Å². The van der Waals surface area contributed by atoms with Gasteiger partial charge in [0.15, 0.2) is 0 Å². The van der Waals surface area contributed by atoms with Gasteiger partial charge in [-0.25, -0.2) is 0 Å². The molecule has 12 heavy (non-hydrogen) atoms. The van der Waals surface area contributed by atoms with Gasteiger partial charge in [-0.3, -0.25) is 0 Å². The molecule has 0 aromatic carbocycles. The first-order chi connectivity index (χ1) is 5.50. The van der Waals surface area contributed by atoms with E-state index in [0.29, 0.717) is 0 Å². The molecule has 4 heteroatoms. The highest BCUT2D eigenvalue weighted by Gasteiger charge is 2.24. The second kappa shape index (κ2) is 5.24. The van der Waals surface area contributed by atoms with E-state index in [-0.39, 0.29) is 12.5 Å². The van der Waals surface area contributed by atoms with Gasteiger partial charge in [0, 0.05) is 12.5 Å². The molecule has 0 aliphatic rings. The van der Waals surface area contributed by atoms with Gasteiger partial charge >= 0.3 is 0 Å². The van der Waals surface area contributed by atoms with Crippen LogP contribution in [-0.2, 0) is 4.79 Å². The maximum atomic E-state index is 10.2. The van der Waals surface area contributed by atoms with Crippen LogP contribution in [0.25, 0.3) is 0 Å². The zero-order valence-corrected chi connectivity index (χ0v) is 7.77. The summed E-state index contributed by atoms with van der Waals surface area (Å²) in [5.41, 5.74) is 0. The molecule has 0 heterocycles. The van der Waals surface area contributed by atoms with Crippen molar-refractivity contribution in [1.82, 2.24) is 4.90 Å². The van der Waals surface area contributed by atoms with E-state index in [0.717, 1.165) is 6.29 Å². The van der Waals surface area contributed by atoms with Crippen LogP contribution in [0.5, 0.6) is 0 Å². The maximum Gasteiger partial charge on any atom is 0.121 e. The molecule has 4 nitrogen and oxygen atoms in total. The van der Waals surface area contributed by atoms with E-state index in [4.69, 9.17) is 5.11 Å². The normalized spacial score (nSPS) is 18.8. The van der Waals surface area contributed by atoms with E-state index >= 15 is 0 Å². The van der Waals surface area contributed by atoms with Crippen LogP contribution in [0.1, 0.15) is 13.3 Å². The predicted octanol–water partition coefficient (Wildman–Crippen LogP) is -0.753. The third kappa shape index (κ3) is 3.30. The van der Waals surface area contributed by atoms with Crippen LogP contribution in [-0.4, -0.2) is 53.7 Å². The van der Waals surface area contributed by atoms with E-state index in [1.54, 1.807) is 19.0 Å². The van der Waals surface area contributed by atoms with Crippen LogP contribution in [0, 0.1) is 0 Å². The molecular formula is C8H17NO3. The summed E-state index contributed by atoms with van der Waals surface area (Å²) in [5.74, 6) is 0. The Morgan fingerprint density at radius 2 is 1.92 bits per heavy atom. The molecule has 0 saturated carbocycles. The smallest absolute Gasteiger partial charge is 0.121 e. The van der Waals surface area contributed by atoms with Crippen molar-refractivity contribution in [3.05, 3.63) is 0 Å². The Labute approximate surface area is 72.8 Å². The number of aliphatic hydroxyl groups is 2. The van der Waals surface area contributed by atoms with E-state index in [1.807, 2.05) is 0 Å².